The molecule has 1 aliphatic carbocycles. The summed E-state index contributed by atoms with van der Waals surface area (Å²) in [6, 6.07) is 0. The van der Waals surface area contributed by atoms with Gasteiger partial charge in [0.25, 0.3) is 0 Å². The number of rotatable bonds is 3. The molecule has 0 aliphatic heterocycles. The van der Waals surface area contributed by atoms with Gasteiger partial charge in [0.2, 0.25) is 0 Å². The van der Waals surface area contributed by atoms with Crippen molar-refractivity contribution in [1.82, 2.24) is 0 Å². The van der Waals surface area contributed by atoms with Crippen molar-refractivity contribution in [2.45, 2.75) is 47.0 Å². The molecular formula is C13H22O2. The molecule has 0 aromatic carbocycles. The monoisotopic (exact) mass is 210 g/mol. The second-order valence-corrected chi connectivity index (χ2v) is 5.35. The van der Waals surface area contributed by atoms with Crippen molar-refractivity contribution >= 4 is 11.6 Å². The average Bonchev–Trinajstić information content (AvgIpc) is 2.15. The summed E-state index contributed by atoms with van der Waals surface area (Å²) in [5.41, 5.74) is 0. The minimum absolute atomic E-state index is 0.00810. The maximum atomic E-state index is 12.0. The lowest BCUT2D eigenvalue weighted by Gasteiger charge is -2.33. The van der Waals surface area contributed by atoms with E-state index in [-0.39, 0.29) is 23.4 Å². The van der Waals surface area contributed by atoms with Crippen molar-refractivity contribution in [3.05, 3.63) is 0 Å². The zero-order valence-corrected chi connectivity index (χ0v) is 10.2. The van der Waals surface area contributed by atoms with Crippen LogP contribution in [0.25, 0.3) is 0 Å². The smallest absolute Gasteiger partial charge is 0.139 e. The van der Waals surface area contributed by atoms with E-state index in [1.807, 2.05) is 13.8 Å². The first kappa shape index (κ1) is 12.4. The summed E-state index contributed by atoms with van der Waals surface area (Å²) >= 11 is 0. The Hall–Kier alpha value is -0.660. The van der Waals surface area contributed by atoms with Crippen LogP contribution in [0.3, 0.4) is 0 Å². The molecule has 0 aromatic rings. The number of carbonyl (C=O) groups excluding carboxylic acids is 2. The molecular weight excluding hydrogens is 188 g/mol. The van der Waals surface area contributed by atoms with E-state index >= 15 is 0 Å². The highest BCUT2D eigenvalue weighted by molar-refractivity contribution is 5.90. The zero-order valence-electron chi connectivity index (χ0n) is 10.2. The van der Waals surface area contributed by atoms with Gasteiger partial charge in [-0.05, 0) is 18.3 Å². The van der Waals surface area contributed by atoms with Crippen LogP contribution in [0, 0.1) is 23.7 Å². The highest BCUT2D eigenvalue weighted by Crippen LogP contribution is 2.35. The molecule has 15 heavy (non-hydrogen) atoms. The van der Waals surface area contributed by atoms with Crippen molar-refractivity contribution in [3.8, 4) is 0 Å². The predicted octanol–water partition coefficient (Wildman–Crippen LogP) is 2.85. The minimum atomic E-state index is -0.00810. The van der Waals surface area contributed by atoms with Crippen LogP contribution in [0.15, 0.2) is 0 Å². The molecule has 0 saturated heterocycles. The Kier molecular flexibility index (Phi) is 4.06. The first-order valence-corrected chi connectivity index (χ1v) is 5.99. The summed E-state index contributed by atoms with van der Waals surface area (Å²) in [6.07, 6.45) is 2.06. The third-order valence-electron chi connectivity index (χ3n) is 3.51. The van der Waals surface area contributed by atoms with Gasteiger partial charge in [-0.2, -0.15) is 0 Å². The minimum Gasteiger partial charge on any atom is -0.300 e. The van der Waals surface area contributed by atoms with Gasteiger partial charge in [0, 0.05) is 24.7 Å². The summed E-state index contributed by atoms with van der Waals surface area (Å²) < 4.78 is 0. The number of Topliss-reactive ketones (excluding diaryl/α,β-unsaturated/α-hetero) is 2. The Balaban J connectivity index is 2.79. The van der Waals surface area contributed by atoms with Gasteiger partial charge in [-0.25, -0.2) is 0 Å². The summed E-state index contributed by atoms with van der Waals surface area (Å²) in [4.78, 5) is 23.4. The van der Waals surface area contributed by atoms with E-state index in [4.69, 9.17) is 0 Å². The fourth-order valence-corrected chi connectivity index (χ4v) is 2.57. The van der Waals surface area contributed by atoms with E-state index in [1.54, 1.807) is 0 Å². The van der Waals surface area contributed by atoms with Crippen LogP contribution in [0.5, 0.6) is 0 Å². The lowest BCUT2D eigenvalue weighted by atomic mass is 9.69. The predicted molar refractivity (Wildman–Crippen MR) is 60.5 cm³/mol. The normalized spacial score (nSPS) is 27.5. The third kappa shape index (κ3) is 2.90. The van der Waals surface area contributed by atoms with Gasteiger partial charge in [0.15, 0.2) is 0 Å². The SMILES string of the molecule is CC(C)C(=O)C1CC(=O)CCC1C(C)C. The zero-order chi connectivity index (χ0) is 11.6. The Morgan fingerprint density at radius 2 is 1.87 bits per heavy atom. The lowest BCUT2D eigenvalue weighted by Crippen LogP contribution is -2.36. The maximum Gasteiger partial charge on any atom is 0.139 e. The van der Waals surface area contributed by atoms with Crippen molar-refractivity contribution in [1.29, 1.82) is 0 Å². The highest BCUT2D eigenvalue weighted by Gasteiger charge is 2.36. The van der Waals surface area contributed by atoms with Crippen molar-refractivity contribution in [3.63, 3.8) is 0 Å². The molecule has 0 N–H and O–H groups in total. The van der Waals surface area contributed by atoms with E-state index in [0.717, 1.165) is 6.42 Å². The van der Waals surface area contributed by atoms with E-state index < -0.39 is 0 Å². The molecule has 0 amide bonds. The van der Waals surface area contributed by atoms with E-state index in [0.29, 0.717) is 24.7 Å². The Labute approximate surface area is 92.4 Å². The fourth-order valence-electron chi connectivity index (χ4n) is 2.57. The molecule has 2 atom stereocenters. The number of hydrogen-bond acceptors (Lipinski definition) is 2. The summed E-state index contributed by atoms with van der Waals surface area (Å²) in [5, 5.41) is 0. The van der Waals surface area contributed by atoms with Gasteiger partial charge in [-0.15, -0.1) is 0 Å². The third-order valence-corrected chi connectivity index (χ3v) is 3.51. The molecule has 1 saturated carbocycles. The molecule has 0 spiro atoms. The first-order valence-electron chi connectivity index (χ1n) is 5.99. The van der Waals surface area contributed by atoms with Gasteiger partial charge in [0.05, 0.1) is 0 Å². The van der Waals surface area contributed by atoms with Gasteiger partial charge in [-0.3, -0.25) is 9.59 Å². The van der Waals surface area contributed by atoms with Crippen LogP contribution in [0.1, 0.15) is 47.0 Å². The lowest BCUT2D eigenvalue weighted by molar-refractivity contribution is -0.135. The average molecular weight is 210 g/mol. The molecule has 0 aromatic heterocycles. The molecule has 1 aliphatic rings. The van der Waals surface area contributed by atoms with Crippen molar-refractivity contribution in [2.75, 3.05) is 0 Å². The van der Waals surface area contributed by atoms with E-state index in [2.05, 4.69) is 13.8 Å². The van der Waals surface area contributed by atoms with Gasteiger partial charge >= 0.3 is 0 Å². The van der Waals surface area contributed by atoms with Crippen LogP contribution in [-0.2, 0) is 9.59 Å². The summed E-state index contributed by atoms with van der Waals surface area (Å²) in [5.74, 6) is 1.52. The van der Waals surface area contributed by atoms with E-state index in [9.17, 15) is 9.59 Å². The largest absolute Gasteiger partial charge is 0.300 e. The Morgan fingerprint density at radius 1 is 1.27 bits per heavy atom. The Bertz CT molecular complexity index is 253. The second-order valence-electron chi connectivity index (χ2n) is 5.35. The molecule has 0 heterocycles. The van der Waals surface area contributed by atoms with Crippen molar-refractivity contribution in [2.24, 2.45) is 23.7 Å². The molecule has 2 heteroatoms. The van der Waals surface area contributed by atoms with Crippen LogP contribution in [0.2, 0.25) is 0 Å². The summed E-state index contributed by atoms with van der Waals surface area (Å²) in [7, 11) is 0. The topological polar surface area (TPSA) is 34.1 Å². The first-order chi connectivity index (χ1) is 6.93. The van der Waals surface area contributed by atoms with Crippen LogP contribution < -0.4 is 0 Å². The second kappa shape index (κ2) is 4.91. The number of hydrogen-bond donors (Lipinski definition) is 0. The maximum absolute atomic E-state index is 12.0. The quantitative estimate of drug-likeness (QED) is 0.717. The van der Waals surface area contributed by atoms with Crippen LogP contribution in [0.4, 0.5) is 0 Å². The molecule has 86 valence electrons. The van der Waals surface area contributed by atoms with E-state index in [1.165, 1.54) is 0 Å². The highest BCUT2D eigenvalue weighted by atomic mass is 16.1. The number of ketones is 2. The number of carbonyl (C=O) groups is 2. The van der Waals surface area contributed by atoms with Crippen LogP contribution >= 0.6 is 0 Å². The molecule has 0 radical (unpaired) electrons. The summed E-state index contributed by atoms with van der Waals surface area (Å²) in [6.45, 7) is 8.17. The molecule has 1 fully saturated rings. The van der Waals surface area contributed by atoms with Gasteiger partial charge in [0.1, 0.15) is 11.6 Å². The molecule has 2 unspecified atom stereocenters. The van der Waals surface area contributed by atoms with Gasteiger partial charge < -0.3 is 0 Å². The standard InChI is InChI=1S/C13H22O2/c1-8(2)11-6-5-10(14)7-12(11)13(15)9(3)4/h8-9,11-12H,5-7H2,1-4H3. The molecule has 1 rings (SSSR count). The Morgan fingerprint density at radius 3 is 2.33 bits per heavy atom. The van der Waals surface area contributed by atoms with Crippen molar-refractivity contribution < 1.29 is 9.59 Å². The molecule has 0 bridgehead atoms. The fraction of sp³-hybridized carbons (Fsp3) is 0.846. The van der Waals surface area contributed by atoms with Gasteiger partial charge in [-0.1, -0.05) is 27.7 Å². The molecule has 2 nitrogen and oxygen atoms in total. The van der Waals surface area contributed by atoms with Crippen LogP contribution in [-0.4, -0.2) is 11.6 Å².